The smallest absolute Gasteiger partial charge is 0.274 e. The van der Waals surface area contributed by atoms with Crippen LogP contribution >= 0.6 is 21.6 Å². The van der Waals surface area contributed by atoms with Crippen molar-refractivity contribution in [2.75, 3.05) is 11.5 Å². The molecule has 4 N–H and O–H groups in total. The monoisotopic (exact) mass is 290 g/mol. The van der Waals surface area contributed by atoms with E-state index in [0.717, 1.165) is 12.2 Å². The molecule has 0 aromatic heterocycles. The Morgan fingerprint density at radius 1 is 0.944 bits per heavy atom. The summed E-state index contributed by atoms with van der Waals surface area (Å²) < 4.78 is 0. The molecule has 0 fully saturated rings. The van der Waals surface area contributed by atoms with Crippen LogP contribution in [0, 0.1) is 0 Å². The highest BCUT2D eigenvalue weighted by Crippen LogP contribution is 2.22. The van der Waals surface area contributed by atoms with Crippen LogP contribution in [0.3, 0.4) is 0 Å². The fourth-order valence-electron chi connectivity index (χ4n) is 0.641. The maximum atomic E-state index is 11.0. The maximum absolute atomic E-state index is 11.0. The molecule has 2 unspecified atom stereocenters. The average molecular weight is 290 g/mol. The van der Waals surface area contributed by atoms with E-state index in [1.54, 1.807) is 0 Å². The average Bonchev–Trinajstić information content (AvgIpc) is 2.34. The van der Waals surface area contributed by atoms with Crippen molar-refractivity contribution in [2.45, 2.75) is 12.1 Å². The summed E-state index contributed by atoms with van der Waals surface area (Å²) in [5, 5.41) is 0. The zero-order valence-corrected chi connectivity index (χ0v) is 10.7. The number of hydrogen-bond acceptors (Lipinski definition) is 8. The first-order valence-electron chi connectivity index (χ1n) is 4.52. The predicted octanol–water partition coefficient (Wildman–Crippen LogP) is -1.25. The van der Waals surface area contributed by atoms with E-state index in [9.17, 15) is 19.2 Å². The number of nitrogens with two attached hydrogens (primary N) is 2. The number of aliphatic imine (C=N–C) groups is 2. The van der Waals surface area contributed by atoms with Crippen molar-refractivity contribution < 1.29 is 19.2 Å². The number of rotatable bonds is 7. The second kappa shape index (κ2) is 9.72. The second-order valence-corrected chi connectivity index (χ2v) is 5.42. The van der Waals surface area contributed by atoms with Crippen molar-refractivity contribution in [1.29, 1.82) is 0 Å². The van der Waals surface area contributed by atoms with Crippen molar-refractivity contribution >= 4 is 45.6 Å². The number of amides is 2. The van der Waals surface area contributed by atoms with Crippen LogP contribution in [0.1, 0.15) is 0 Å². The number of isocyanates is 2. The van der Waals surface area contributed by atoms with E-state index in [1.165, 1.54) is 21.6 Å². The van der Waals surface area contributed by atoms with Crippen LogP contribution in [0.5, 0.6) is 0 Å². The topological polar surface area (TPSA) is 145 Å². The number of nitrogens with zero attached hydrogens (tertiary/aromatic N) is 2. The van der Waals surface area contributed by atoms with Crippen LogP contribution in [0.25, 0.3) is 0 Å². The van der Waals surface area contributed by atoms with Gasteiger partial charge in [-0.05, 0) is 0 Å². The molecule has 0 heterocycles. The first kappa shape index (κ1) is 16.7. The van der Waals surface area contributed by atoms with Gasteiger partial charge in [0.15, 0.2) is 0 Å². The highest BCUT2D eigenvalue weighted by molar-refractivity contribution is 8.76. The lowest BCUT2D eigenvalue weighted by Gasteiger charge is -2.07. The molecule has 98 valence electrons. The van der Waals surface area contributed by atoms with Crippen molar-refractivity contribution in [3.05, 3.63) is 0 Å². The summed E-state index contributed by atoms with van der Waals surface area (Å²) in [5.74, 6) is -1.12. The van der Waals surface area contributed by atoms with Crippen LogP contribution in [0.15, 0.2) is 9.98 Å². The minimum Gasteiger partial charge on any atom is -0.319 e. The van der Waals surface area contributed by atoms with Crippen LogP contribution in [0.4, 0.5) is 0 Å². The minimum absolute atomic E-state index is 0.201. The molecule has 0 aliphatic carbocycles. The first-order chi connectivity index (χ1) is 8.52. The Labute approximate surface area is 110 Å². The summed E-state index contributed by atoms with van der Waals surface area (Å²) in [4.78, 5) is 47.2. The second-order valence-electron chi connectivity index (χ2n) is 2.86. The zero-order valence-electron chi connectivity index (χ0n) is 9.07. The van der Waals surface area contributed by atoms with Crippen LogP contribution in [0.2, 0.25) is 0 Å². The van der Waals surface area contributed by atoms with Gasteiger partial charge in [0.2, 0.25) is 12.2 Å². The Hall–Kier alpha value is -1.28. The molecule has 0 spiro atoms. The number of carbonyl (C=O) groups excluding carboxylic acids is 4. The molecule has 10 heteroatoms. The SMILES string of the molecule is NC(CSSCC(N)C(=O)N=C=O)C(=O)N=C=O. The Morgan fingerprint density at radius 2 is 1.28 bits per heavy atom. The third-order valence-corrected chi connectivity index (χ3v) is 4.00. The number of hydrogen-bond donors (Lipinski definition) is 2. The van der Waals surface area contributed by atoms with Gasteiger partial charge in [0, 0.05) is 11.5 Å². The van der Waals surface area contributed by atoms with Crippen molar-refractivity contribution in [3.63, 3.8) is 0 Å². The van der Waals surface area contributed by atoms with Crippen molar-refractivity contribution in [3.8, 4) is 0 Å². The molecule has 0 aromatic rings. The Kier molecular flexibility index (Phi) is 9.03. The lowest BCUT2D eigenvalue weighted by molar-refractivity contribution is -0.119. The lowest BCUT2D eigenvalue weighted by Crippen LogP contribution is -2.32. The summed E-state index contributed by atoms with van der Waals surface area (Å²) in [6.07, 6.45) is 2.20. The van der Waals surface area contributed by atoms with Gasteiger partial charge in [0.05, 0.1) is 12.1 Å². The highest BCUT2D eigenvalue weighted by Gasteiger charge is 2.15. The molecular formula is C8H10N4O4S2. The Bertz CT molecular complexity index is 366. The predicted molar refractivity (Wildman–Crippen MR) is 67.1 cm³/mol. The minimum atomic E-state index is -0.913. The van der Waals surface area contributed by atoms with Crippen LogP contribution < -0.4 is 11.5 Å². The summed E-state index contributed by atoms with van der Waals surface area (Å²) >= 11 is 0. The third-order valence-electron chi connectivity index (χ3n) is 1.52. The van der Waals surface area contributed by atoms with Gasteiger partial charge >= 0.3 is 0 Å². The maximum Gasteiger partial charge on any atom is 0.274 e. The normalized spacial score (nSPS) is 12.8. The highest BCUT2D eigenvalue weighted by atomic mass is 33.1. The molecule has 8 nitrogen and oxygen atoms in total. The molecule has 0 aliphatic heterocycles. The quantitative estimate of drug-likeness (QED) is 0.256. The van der Waals surface area contributed by atoms with Gasteiger partial charge in [-0.15, -0.1) is 9.98 Å². The first-order valence-corrected chi connectivity index (χ1v) is 7.00. The van der Waals surface area contributed by atoms with Crippen molar-refractivity contribution in [1.82, 2.24) is 0 Å². The van der Waals surface area contributed by atoms with Crippen molar-refractivity contribution in [2.24, 2.45) is 21.5 Å². The fraction of sp³-hybridized carbons (Fsp3) is 0.500. The van der Waals surface area contributed by atoms with E-state index in [-0.39, 0.29) is 11.5 Å². The van der Waals surface area contributed by atoms with E-state index in [0.29, 0.717) is 0 Å². The van der Waals surface area contributed by atoms with Gasteiger partial charge in [0.25, 0.3) is 11.8 Å². The lowest BCUT2D eigenvalue weighted by atomic mass is 10.3. The number of carbonyl (C=O) groups is 2. The molecule has 0 saturated heterocycles. The largest absolute Gasteiger partial charge is 0.319 e. The summed E-state index contributed by atoms with van der Waals surface area (Å²) in [6, 6.07) is -1.83. The standard InChI is InChI=1S/C8H10N4O4S2/c9-5(7(15)11-3-13)1-17-18-2-6(10)8(16)12-4-14/h5-6H,1-2,9-10H2. The molecule has 2 amide bonds. The molecule has 0 aliphatic rings. The molecule has 0 rings (SSSR count). The molecule has 0 saturated carbocycles. The van der Waals surface area contributed by atoms with Crippen LogP contribution in [-0.2, 0) is 19.2 Å². The zero-order chi connectivity index (χ0) is 14.0. The van der Waals surface area contributed by atoms with Crippen LogP contribution in [-0.4, -0.2) is 47.6 Å². The van der Waals surface area contributed by atoms with Gasteiger partial charge in [-0.2, -0.15) is 0 Å². The molecule has 0 bridgehead atoms. The Balaban J connectivity index is 3.86. The molecule has 0 aromatic carbocycles. The summed E-state index contributed by atoms with van der Waals surface area (Å²) in [6.45, 7) is 0. The van der Waals surface area contributed by atoms with E-state index in [4.69, 9.17) is 11.5 Å². The van der Waals surface area contributed by atoms with Gasteiger partial charge < -0.3 is 11.5 Å². The van der Waals surface area contributed by atoms with E-state index in [2.05, 4.69) is 9.98 Å². The molecular weight excluding hydrogens is 280 g/mol. The fourth-order valence-corrected chi connectivity index (χ4v) is 2.87. The van der Waals surface area contributed by atoms with Gasteiger partial charge in [-0.25, -0.2) is 9.59 Å². The Morgan fingerprint density at radius 3 is 1.56 bits per heavy atom. The summed E-state index contributed by atoms with van der Waals surface area (Å²) in [7, 11) is 2.38. The third kappa shape index (κ3) is 7.13. The van der Waals surface area contributed by atoms with Gasteiger partial charge in [0.1, 0.15) is 0 Å². The van der Waals surface area contributed by atoms with E-state index >= 15 is 0 Å². The molecule has 2 atom stereocenters. The summed E-state index contributed by atoms with van der Waals surface area (Å²) in [5.41, 5.74) is 10.8. The molecule has 18 heavy (non-hydrogen) atoms. The van der Waals surface area contributed by atoms with Gasteiger partial charge in [-0.3, -0.25) is 9.59 Å². The van der Waals surface area contributed by atoms with Gasteiger partial charge in [-0.1, -0.05) is 21.6 Å². The van der Waals surface area contributed by atoms with E-state index in [1.807, 2.05) is 0 Å². The van der Waals surface area contributed by atoms with E-state index < -0.39 is 23.9 Å². The molecule has 0 radical (unpaired) electrons.